The summed E-state index contributed by atoms with van der Waals surface area (Å²) in [7, 11) is 0. The van der Waals surface area contributed by atoms with E-state index in [1.165, 1.54) is 25.7 Å². The molecule has 0 N–H and O–H groups in total. The molecule has 1 aliphatic carbocycles. The topological polar surface area (TPSA) is 12.5 Å². The minimum absolute atomic E-state index is 0.529. The maximum atomic E-state index is 5.42. The van der Waals surface area contributed by atoms with Gasteiger partial charge < -0.3 is 4.74 Å². The standard InChI is InChI=1S/C13H25NO.C3H8/c1-11-4-5-12(10-13(11,2)3)14-6-8-15-9-7-14;1-3-2/h11-12H,4-10H2,1-3H3;3H2,1-2H3/t11-,12-;/m0./s1. The van der Waals surface area contributed by atoms with E-state index < -0.39 is 0 Å². The molecule has 1 heterocycles. The molecular formula is C16H33NO. The predicted octanol–water partition coefficient (Wildman–Crippen LogP) is 3.95. The maximum Gasteiger partial charge on any atom is 0.0594 e. The first kappa shape index (κ1) is 16.0. The van der Waals surface area contributed by atoms with Crippen LogP contribution in [-0.2, 0) is 4.74 Å². The Labute approximate surface area is 114 Å². The zero-order chi connectivity index (χ0) is 13.6. The smallest absolute Gasteiger partial charge is 0.0594 e. The fraction of sp³-hybridized carbons (Fsp3) is 1.00. The number of hydrogen-bond acceptors (Lipinski definition) is 2. The average Bonchev–Trinajstić information content (AvgIpc) is 2.35. The van der Waals surface area contributed by atoms with Crippen molar-refractivity contribution in [2.75, 3.05) is 26.3 Å². The van der Waals surface area contributed by atoms with Gasteiger partial charge in [-0.25, -0.2) is 0 Å². The Morgan fingerprint density at radius 3 is 2.17 bits per heavy atom. The van der Waals surface area contributed by atoms with Gasteiger partial charge in [-0.3, -0.25) is 4.90 Å². The quantitative estimate of drug-likeness (QED) is 0.703. The van der Waals surface area contributed by atoms with Crippen molar-refractivity contribution < 1.29 is 4.74 Å². The lowest BCUT2D eigenvalue weighted by Gasteiger charge is -2.46. The Morgan fingerprint density at radius 2 is 1.67 bits per heavy atom. The Balaban J connectivity index is 0.000000492. The van der Waals surface area contributed by atoms with Gasteiger partial charge >= 0.3 is 0 Å². The summed E-state index contributed by atoms with van der Waals surface area (Å²) < 4.78 is 5.42. The van der Waals surface area contributed by atoms with Crippen LogP contribution in [-0.4, -0.2) is 37.2 Å². The minimum Gasteiger partial charge on any atom is -0.379 e. The molecule has 2 aliphatic rings. The van der Waals surface area contributed by atoms with Crippen molar-refractivity contribution >= 4 is 0 Å². The number of rotatable bonds is 1. The average molecular weight is 255 g/mol. The molecule has 108 valence electrons. The van der Waals surface area contributed by atoms with E-state index in [-0.39, 0.29) is 0 Å². The largest absolute Gasteiger partial charge is 0.379 e. The highest BCUT2D eigenvalue weighted by Gasteiger charge is 2.36. The second kappa shape index (κ2) is 7.49. The summed E-state index contributed by atoms with van der Waals surface area (Å²) in [6.45, 7) is 15.7. The summed E-state index contributed by atoms with van der Waals surface area (Å²) in [6, 6.07) is 0.820. The number of ether oxygens (including phenoxy) is 1. The lowest BCUT2D eigenvalue weighted by atomic mass is 9.67. The van der Waals surface area contributed by atoms with Gasteiger partial charge in [0.15, 0.2) is 0 Å². The molecule has 0 amide bonds. The van der Waals surface area contributed by atoms with Gasteiger partial charge in [0.1, 0.15) is 0 Å². The van der Waals surface area contributed by atoms with E-state index in [1.807, 2.05) is 0 Å². The molecule has 2 atom stereocenters. The molecule has 0 aromatic heterocycles. The Kier molecular flexibility index (Phi) is 6.65. The summed E-state index contributed by atoms with van der Waals surface area (Å²) >= 11 is 0. The van der Waals surface area contributed by atoms with E-state index in [2.05, 4.69) is 39.5 Å². The first-order valence-corrected chi connectivity index (χ1v) is 7.83. The molecule has 0 aromatic rings. The molecule has 0 unspecified atom stereocenters. The molecule has 2 nitrogen and oxygen atoms in total. The third kappa shape index (κ3) is 4.55. The zero-order valence-corrected chi connectivity index (χ0v) is 13.2. The number of hydrogen-bond donors (Lipinski definition) is 0. The summed E-state index contributed by atoms with van der Waals surface area (Å²) in [5, 5.41) is 0. The lowest BCUT2D eigenvalue weighted by Crippen LogP contribution is -2.48. The van der Waals surface area contributed by atoms with Crippen LogP contribution < -0.4 is 0 Å². The molecule has 1 saturated heterocycles. The maximum absolute atomic E-state index is 5.42. The minimum atomic E-state index is 0.529. The van der Waals surface area contributed by atoms with E-state index in [4.69, 9.17) is 4.74 Å². The van der Waals surface area contributed by atoms with Crippen molar-refractivity contribution in [1.29, 1.82) is 0 Å². The second-order valence-electron chi connectivity index (χ2n) is 6.68. The van der Waals surface area contributed by atoms with Gasteiger partial charge in [0.2, 0.25) is 0 Å². The van der Waals surface area contributed by atoms with Crippen LogP contribution in [0.4, 0.5) is 0 Å². The van der Waals surface area contributed by atoms with Crippen molar-refractivity contribution in [2.45, 2.75) is 66.3 Å². The molecule has 0 bridgehead atoms. The van der Waals surface area contributed by atoms with Gasteiger partial charge in [-0.05, 0) is 30.6 Å². The highest BCUT2D eigenvalue weighted by Crippen LogP contribution is 2.41. The zero-order valence-electron chi connectivity index (χ0n) is 13.2. The predicted molar refractivity (Wildman–Crippen MR) is 78.9 cm³/mol. The van der Waals surface area contributed by atoms with Crippen LogP contribution >= 0.6 is 0 Å². The van der Waals surface area contributed by atoms with Gasteiger partial charge in [-0.15, -0.1) is 0 Å². The van der Waals surface area contributed by atoms with Crippen LogP contribution in [0, 0.1) is 11.3 Å². The van der Waals surface area contributed by atoms with Crippen molar-refractivity contribution in [3.63, 3.8) is 0 Å². The summed E-state index contributed by atoms with van der Waals surface area (Å²) in [6.07, 6.45) is 5.41. The normalized spacial score (nSPS) is 32.5. The lowest BCUT2D eigenvalue weighted by molar-refractivity contribution is -0.0161. The molecule has 0 aromatic carbocycles. The van der Waals surface area contributed by atoms with Crippen molar-refractivity contribution in [1.82, 2.24) is 4.90 Å². The van der Waals surface area contributed by atoms with Crippen molar-refractivity contribution in [3.05, 3.63) is 0 Å². The molecule has 0 radical (unpaired) electrons. The van der Waals surface area contributed by atoms with Gasteiger partial charge in [0.05, 0.1) is 13.2 Å². The van der Waals surface area contributed by atoms with Gasteiger partial charge in [0.25, 0.3) is 0 Å². The molecule has 0 spiro atoms. The number of nitrogens with zero attached hydrogens (tertiary/aromatic N) is 1. The molecule has 18 heavy (non-hydrogen) atoms. The van der Waals surface area contributed by atoms with Gasteiger partial charge in [-0.2, -0.15) is 0 Å². The highest BCUT2D eigenvalue weighted by atomic mass is 16.5. The van der Waals surface area contributed by atoms with Gasteiger partial charge in [0, 0.05) is 19.1 Å². The third-order valence-electron chi connectivity index (χ3n) is 4.59. The van der Waals surface area contributed by atoms with Crippen molar-refractivity contribution in [3.8, 4) is 0 Å². The van der Waals surface area contributed by atoms with E-state index in [0.717, 1.165) is 38.3 Å². The SMILES string of the molecule is CCC.C[C@H]1CC[C@H](N2CCOCC2)CC1(C)C. The van der Waals surface area contributed by atoms with Crippen LogP contribution in [0.2, 0.25) is 0 Å². The third-order valence-corrected chi connectivity index (χ3v) is 4.59. The molecule has 1 aliphatic heterocycles. The van der Waals surface area contributed by atoms with Gasteiger partial charge in [-0.1, -0.05) is 41.0 Å². The van der Waals surface area contributed by atoms with E-state index in [9.17, 15) is 0 Å². The van der Waals surface area contributed by atoms with Crippen LogP contribution in [0.25, 0.3) is 0 Å². The molecule has 2 heteroatoms. The molecule has 2 fully saturated rings. The van der Waals surface area contributed by atoms with Crippen LogP contribution in [0.1, 0.15) is 60.3 Å². The second-order valence-corrected chi connectivity index (χ2v) is 6.68. The van der Waals surface area contributed by atoms with E-state index in [1.54, 1.807) is 0 Å². The summed E-state index contributed by atoms with van der Waals surface area (Å²) in [5.74, 6) is 0.884. The Morgan fingerprint density at radius 1 is 1.11 bits per heavy atom. The summed E-state index contributed by atoms with van der Waals surface area (Å²) in [5.41, 5.74) is 0.529. The van der Waals surface area contributed by atoms with E-state index >= 15 is 0 Å². The molecule has 1 saturated carbocycles. The van der Waals surface area contributed by atoms with E-state index in [0.29, 0.717) is 5.41 Å². The summed E-state index contributed by atoms with van der Waals surface area (Å²) in [4.78, 5) is 2.65. The number of morpholine rings is 1. The monoisotopic (exact) mass is 255 g/mol. The van der Waals surface area contributed by atoms with Crippen LogP contribution in [0.3, 0.4) is 0 Å². The van der Waals surface area contributed by atoms with Crippen molar-refractivity contribution in [2.24, 2.45) is 11.3 Å². The fourth-order valence-electron chi connectivity index (χ4n) is 3.00. The Hall–Kier alpha value is -0.0800. The molecular weight excluding hydrogens is 222 g/mol. The first-order chi connectivity index (χ1) is 8.51. The first-order valence-electron chi connectivity index (χ1n) is 7.83. The molecule has 2 rings (SSSR count). The van der Waals surface area contributed by atoms with Crippen LogP contribution in [0.5, 0.6) is 0 Å². The fourth-order valence-corrected chi connectivity index (χ4v) is 3.00. The van der Waals surface area contributed by atoms with Crippen LogP contribution in [0.15, 0.2) is 0 Å². The Bertz CT molecular complexity index is 221. The highest BCUT2D eigenvalue weighted by molar-refractivity contribution is 4.89.